The van der Waals surface area contributed by atoms with Crippen LogP contribution in [-0.4, -0.2) is 17.0 Å². The molecule has 0 heterocycles. The van der Waals surface area contributed by atoms with Gasteiger partial charge in [-0.3, -0.25) is 4.79 Å². The summed E-state index contributed by atoms with van der Waals surface area (Å²) in [5.74, 6) is 0.178. The lowest BCUT2D eigenvalue weighted by atomic mass is 10.1. The van der Waals surface area contributed by atoms with Crippen molar-refractivity contribution in [1.29, 1.82) is 0 Å². The molecule has 0 spiro atoms. The van der Waals surface area contributed by atoms with Crippen LogP contribution in [-0.2, 0) is 4.79 Å². The number of hydrogen-bond donors (Lipinski definition) is 1. The summed E-state index contributed by atoms with van der Waals surface area (Å²) in [5.41, 5.74) is 0. The Balaban J connectivity index is 3.37. The molecule has 0 fully saturated rings. The number of rotatable bonds is 5. The van der Waals surface area contributed by atoms with E-state index in [9.17, 15) is 4.79 Å². The van der Waals surface area contributed by atoms with Gasteiger partial charge in [-0.05, 0) is 12.8 Å². The average molecular weight is 144 g/mol. The van der Waals surface area contributed by atoms with E-state index < -0.39 is 6.10 Å². The third kappa shape index (κ3) is 4.50. The zero-order valence-electron chi connectivity index (χ0n) is 6.76. The molecular weight excluding hydrogens is 128 g/mol. The number of Topliss-reactive ketones (excluding diaryl/α,β-unsaturated/α-hetero) is 1. The molecule has 2 heteroatoms. The largest absolute Gasteiger partial charge is 0.393 e. The van der Waals surface area contributed by atoms with Gasteiger partial charge in [-0.2, -0.15) is 0 Å². The quantitative estimate of drug-likeness (QED) is 0.635. The molecule has 0 aliphatic heterocycles. The Morgan fingerprint density at radius 2 is 2.10 bits per heavy atom. The zero-order chi connectivity index (χ0) is 7.98. The van der Waals surface area contributed by atoms with Crippen LogP contribution in [0.25, 0.3) is 0 Å². The Kier molecular flexibility index (Phi) is 5.22. The molecule has 0 aliphatic carbocycles. The van der Waals surface area contributed by atoms with Crippen molar-refractivity contribution >= 4 is 5.78 Å². The fourth-order valence-corrected chi connectivity index (χ4v) is 0.788. The molecule has 2 nitrogen and oxygen atoms in total. The lowest BCUT2D eigenvalue weighted by Crippen LogP contribution is -2.11. The number of carbonyl (C=O) groups is 1. The highest BCUT2D eigenvalue weighted by Crippen LogP contribution is 2.01. The van der Waals surface area contributed by atoms with Gasteiger partial charge in [0.05, 0.1) is 6.10 Å². The highest BCUT2D eigenvalue weighted by molar-refractivity contribution is 5.78. The van der Waals surface area contributed by atoms with Crippen molar-refractivity contribution in [3.05, 3.63) is 0 Å². The molecule has 0 saturated heterocycles. The van der Waals surface area contributed by atoms with Gasteiger partial charge in [-0.1, -0.05) is 13.8 Å². The summed E-state index contributed by atoms with van der Waals surface area (Å²) in [4.78, 5) is 10.9. The molecule has 0 rings (SSSR count). The standard InChI is InChI=1S/C8H16O2/c1-3-5-8(10)6-7(9)4-2/h7,9H,3-6H2,1-2H3. The third-order valence-corrected chi connectivity index (χ3v) is 1.46. The predicted octanol–water partition coefficient (Wildman–Crippen LogP) is 1.52. The van der Waals surface area contributed by atoms with Gasteiger partial charge < -0.3 is 5.11 Å². The van der Waals surface area contributed by atoms with Crippen LogP contribution in [0.2, 0.25) is 0 Å². The van der Waals surface area contributed by atoms with E-state index >= 15 is 0 Å². The van der Waals surface area contributed by atoms with E-state index in [1.807, 2.05) is 13.8 Å². The van der Waals surface area contributed by atoms with Crippen molar-refractivity contribution in [1.82, 2.24) is 0 Å². The molecule has 0 aliphatic rings. The van der Waals surface area contributed by atoms with Gasteiger partial charge in [0, 0.05) is 12.8 Å². The van der Waals surface area contributed by atoms with Crippen molar-refractivity contribution in [3.8, 4) is 0 Å². The minimum absolute atomic E-state index is 0.178. The summed E-state index contributed by atoms with van der Waals surface area (Å²) in [7, 11) is 0. The second-order valence-corrected chi connectivity index (χ2v) is 2.55. The highest BCUT2D eigenvalue weighted by atomic mass is 16.3. The number of hydrogen-bond acceptors (Lipinski definition) is 2. The van der Waals surface area contributed by atoms with Gasteiger partial charge in [-0.25, -0.2) is 0 Å². The van der Waals surface area contributed by atoms with Gasteiger partial charge in [0.1, 0.15) is 5.78 Å². The maximum atomic E-state index is 10.9. The van der Waals surface area contributed by atoms with Crippen LogP contribution in [0.5, 0.6) is 0 Å². The fourth-order valence-electron chi connectivity index (χ4n) is 0.788. The number of aliphatic hydroxyl groups is 1. The maximum absolute atomic E-state index is 10.9. The second kappa shape index (κ2) is 5.42. The Bertz CT molecular complexity index is 99.4. The molecule has 1 atom stereocenters. The molecule has 0 bridgehead atoms. The van der Waals surface area contributed by atoms with E-state index in [0.717, 1.165) is 6.42 Å². The van der Waals surface area contributed by atoms with Gasteiger partial charge >= 0.3 is 0 Å². The Morgan fingerprint density at radius 1 is 1.50 bits per heavy atom. The van der Waals surface area contributed by atoms with Crippen LogP contribution in [0.1, 0.15) is 39.5 Å². The third-order valence-electron chi connectivity index (χ3n) is 1.46. The molecule has 0 saturated carbocycles. The summed E-state index contributed by atoms with van der Waals surface area (Å²) in [6, 6.07) is 0. The van der Waals surface area contributed by atoms with E-state index in [2.05, 4.69) is 0 Å². The first-order valence-corrected chi connectivity index (χ1v) is 3.90. The number of ketones is 1. The first-order chi connectivity index (χ1) is 4.70. The van der Waals surface area contributed by atoms with Crippen molar-refractivity contribution in [2.45, 2.75) is 45.6 Å². The average Bonchev–Trinajstić information content (AvgIpc) is 1.88. The van der Waals surface area contributed by atoms with Crippen LogP contribution in [0.4, 0.5) is 0 Å². The molecule has 0 aromatic heterocycles. The zero-order valence-corrected chi connectivity index (χ0v) is 6.76. The summed E-state index contributed by atoms with van der Waals surface area (Å²) >= 11 is 0. The van der Waals surface area contributed by atoms with Crippen LogP contribution < -0.4 is 0 Å². The van der Waals surface area contributed by atoms with Gasteiger partial charge in [0.15, 0.2) is 0 Å². The minimum atomic E-state index is -0.418. The highest BCUT2D eigenvalue weighted by Gasteiger charge is 2.06. The van der Waals surface area contributed by atoms with Crippen LogP contribution in [0.15, 0.2) is 0 Å². The second-order valence-electron chi connectivity index (χ2n) is 2.55. The molecule has 0 radical (unpaired) electrons. The summed E-state index contributed by atoms with van der Waals surface area (Å²) < 4.78 is 0. The van der Waals surface area contributed by atoms with Crippen molar-refractivity contribution in [2.24, 2.45) is 0 Å². The number of carbonyl (C=O) groups excluding carboxylic acids is 1. The smallest absolute Gasteiger partial charge is 0.135 e. The Morgan fingerprint density at radius 3 is 2.50 bits per heavy atom. The molecule has 1 unspecified atom stereocenters. The van der Waals surface area contributed by atoms with Crippen molar-refractivity contribution in [3.63, 3.8) is 0 Å². The van der Waals surface area contributed by atoms with E-state index in [1.165, 1.54) is 0 Å². The van der Waals surface area contributed by atoms with E-state index in [4.69, 9.17) is 5.11 Å². The van der Waals surface area contributed by atoms with E-state index in [0.29, 0.717) is 19.3 Å². The van der Waals surface area contributed by atoms with Crippen LogP contribution in [0, 0.1) is 0 Å². The summed E-state index contributed by atoms with van der Waals surface area (Å²) in [6.07, 6.45) is 2.09. The van der Waals surface area contributed by atoms with Gasteiger partial charge in [0.2, 0.25) is 0 Å². The fraction of sp³-hybridized carbons (Fsp3) is 0.875. The predicted molar refractivity (Wildman–Crippen MR) is 40.8 cm³/mol. The topological polar surface area (TPSA) is 37.3 Å². The summed E-state index contributed by atoms with van der Waals surface area (Å²) in [6.45, 7) is 3.85. The van der Waals surface area contributed by atoms with E-state index in [1.54, 1.807) is 0 Å². The molecule has 0 amide bonds. The molecule has 0 aromatic carbocycles. The normalized spacial score (nSPS) is 13.1. The maximum Gasteiger partial charge on any atom is 0.135 e. The number of aliphatic hydroxyl groups excluding tert-OH is 1. The van der Waals surface area contributed by atoms with Gasteiger partial charge in [0.25, 0.3) is 0 Å². The van der Waals surface area contributed by atoms with Crippen LogP contribution >= 0.6 is 0 Å². The molecule has 0 aromatic rings. The Hall–Kier alpha value is -0.370. The summed E-state index contributed by atoms with van der Waals surface area (Å²) in [5, 5.41) is 9.03. The van der Waals surface area contributed by atoms with E-state index in [-0.39, 0.29) is 5.78 Å². The van der Waals surface area contributed by atoms with Crippen molar-refractivity contribution in [2.75, 3.05) is 0 Å². The minimum Gasteiger partial charge on any atom is -0.393 e. The first kappa shape index (κ1) is 9.63. The SMILES string of the molecule is CCCC(=O)CC(O)CC. The molecule has 1 N–H and O–H groups in total. The molecular formula is C8H16O2. The lowest BCUT2D eigenvalue weighted by molar-refractivity contribution is -0.121. The van der Waals surface area contributed by atoms with Crippen molar-refractivity contribution < 1.29 is 9.90 Å². The molecule has 10 heavy (non-hydrogen) atoms. The van der Waals surface area contributed by atoms with Gasteiger partial charge in [-0.15, -0.1) is 0 Å². The molecule has 60 valence electrons. The Labute approximate surface area is 62.2 Å². The lowest BCUT2D eigenvalue weighted by Gasteiger charge is -2.04. The monoisotopic (exact) mass is 144 g/mol. The van der Waals surface area contributed by atoms with Crippen LogP contribution in [0.3, 0.4) is 0 Å². The first-order valence-electron chi connectivity index (χ1n) is 3.90.